The molecule has 1 aromatic carbocycles. The van der Waals surface area contributed by atoms with Gasteiger partial charge in [-0.2, -0.15) is 0 Å². The zero-order valence-corrected chi connectivity index (χ0v) is 11.1. The number of benzene rings is 1. The van der Waals surface area contributed by atoms with E-state index in [9.17, 15) is 0 Å². The topological polar surface area (TPSA) is 18.5 Å². The minimum Gasteiger partial charge on any atom is -0.493 e. The van der Waals surface area contributed by atoms with Crippen molar-refractivity contribution in [1.82, 2.24) is 0 Å². The van der Waals surface area contributed by atoms with Crippen LogP contribution in [0.15, 0.2) is 18.2 Å². The first-order valence-electron chi connectivity index (χ1n) is 5.84. The Bertz CT molecular complexity index is 362. The molecule has 17 heavy (non-hydrogen) atoms. The Hall–Kier alpha value is -0.440. The molecule has 0 unspecified atom stereocenters. The number of halogens is 2. The molecule has 1 fully saturated rings. The third-order valence-corrected chi connectivity index (χ3v) is 3.50. The van der Waals surface area contributed by atoms with Crippen molar-refractivity contribution in [2.75, 3.05) is 19.8 Å². The van der Waals surface area contributed by atoms with Crippen molar-refractivity contribution in [3.8, 4) is 5.75 Å². The molecule has 0 radical (unpaired) electrons. The summed E-state index contributed by atoms with van der Waals surface area (Å²) in [6.45, 7) is 2.42. The standard InChI is InChI=1S/C13H16Cl2O2/c14-8-11-7-12(15)1-2-13(11)17-9-10-3-5-16-6-4-10/h1-2,7,10H,3-6,8-9H2. The summed E-state index contributed by atoms with van der Waals surface area (Å²) in [7, 11) is 0. The Labute approximate surface area is 112 Å². The SMILES string of the molecule is ClCc1cc(Cl)ccc1OCC1CCOCC1. The molecule has 0 amide bonds. The highest BCUT2D eigenvalue weighted by atomic mass is 35.5. The van der Waals surface area contributed by atoms with Gasteiger partial charge in [0.1, 0.15) is 5.75 Å². The van der Waals surface area contributed by atoms with Gasteiger partial charge in [0.15, 0.2) is 0 Å². The number of alkyl halides is 1. The van der Waals surface area contributed by atoms with Gasteiger partial charge in [0.25, 0.3) is 0 Å². The highest BCUT2D eigenvalue weighted by molar-refractivity contribution is 6.30. The van der Waals surface area contributed by atoms with Gasteiger partial charge in [-0.25, -0.2) is 0 Å². The lowest BCUT2D eigenvalue weighted by Gasteiger charge is -2.22. The van der Waals surface area contributed by atoms with Crippen molar-refractivity contribution in [2.24, 2.45) is 5.92 Å². The largest absolute Gasteiger partial charge is 0.493 e. The second-order valence-corrected chi connectivity index (χ2v) is 4.96. The van der Waals surface area contributed by atoms with Crippen LogP contribution < -0.4 is 4.74 Å². The van der Waals surface area contributed by atoms with Crippen LogP contribution in [0, 0.1) is 5.92 Å². The average molecular weight is 275 g/mol. The number of rotatable bonds is 4. The molecule has 1 aromatic rings. The molecule has 1 saturated heterocycles. The normalized spacial score (nSPS) is 17.1. The molecular weight excluding hydrogens is 259 g/mol. The van der Waals surface area contributed by atoms with E-state index in [1.807, 2.05) is 18.2 Å². The average Bonchev–Trinajstić information content (AvgIpc) is 2.38. The smallest absolute Gasteiger partial charge is 0.123 e. The van der Waals surface area contributed by atoms with Crippen LogP contribution in [0.5, 0.6) is 5.75 Å². The molecule has 1 aliphatic rings. The lowest BCUT2D eigenvalue weighted by molar-refractivity contribution is 0.0496. The summed E-state index contributed by atoms with van der Waals surface area (Å²) in [4.78, 5) is 0. The fourth-order valence-electron chi connectivity index (χ4n) is 1.91. The summed E-state index contributed by atoms with van der Waals surface area (Å²) in [5, 5.41) is 0.694. The Kier molecular flexibility index (Phi) is 4.96. The van der Waals surface area contributed by atoms with Crippen LogP contribution in [0.25, 0.3) is 0 Å². The first-order chi connectivity index (χ1) is 8.29. The van der Waals surface area contributed by atoms with Crippen LogP contribution >= 0.6 is 23.2 Å². The summed E-state index contributed by atoms with van der Waals surface area (Å²) >= 11 is 11.8. The molecular formula is C13H16Cl2O2. The van der Waals surface area contributed by atoms with Gasteiger partial charge >= 0.3 is 0 Å². The van der Waals surface area contributed by atoms with Crippen LogP contribution in [0.1, 0.15) is 18.4 Å². The van der Waals surface area contributed by atoms with Crippen molar-refractivity contribution in [3.63, 3.8) is 0 Å². The van der Waals surface area contributed by atoms with E-state index in [2.05, 4.69) is 0 Å². The van der Waals surface area contributed by atoms with Crippen LogP contribution in [-0.2, 0) is 10.6 Å². The molecule has 0 saturated carbocycles. The predicted octanol–water partition coefficient (Wildman–Crippen LogP) is 3.88. The molecule has 1 aliphatic heterocycles. The molecule has 2 nitrogen and oxygen atoms in total. The number of hydrogen-bond donors (Lipinski definition) is 0. The van der Waals surface area contributed by atoms with E-state index in [1.165, 1.54) is 0 Å². The summed E-state index contributed by atoms with van der Waals surface area (Å²) in [5.41, 5.74) is 0.950. The maximum absolute atomic E-state index is 5.91. The van der Waals surface area contributed by atoms with Crippen LogP contribution in [0.2, 0.25) is 5.02 Å². The van der Waals surface area contributed by atoms with Crippen molar-refractivity contribution in [2.45, 2.75) is 18.7 Å². The second-order valence-electron chi connectivity index (χ2n) is 4.25. The van der Waals surface area contributed by atoms with Crippen molar-refractivity contribution >= 4 is 23.2 Å². The number of hydrogen-bond acceptors (Lipinski definition) is 2. The lowest BCUT2D eigenvalue weighted by Crippen LogP contribution is -2.21. The third kappa shape index (κ3) is 3.77. The molecule has 0 atom stereocenters. The molecule has 0 aliphatic carbocycles. The van der Waals surface area contributed by atoms with Gasteiger partial charge in [-0.15, -0.1) is 11.6 Å². The van der Waals surface area contributed by atoms with E-state index in [0.717, 1.165) is 44.0 Å². The molecule has 0 bridgehead atoms. The number of ether oxygens (including phenoxy) is 2. The van der Waals surface area contributed by atoms with E-state index in [0.29, 0.717) is 16.8 Å². The van der Waals surface area contributed by atoms with E-state index in [1.54, 1.807) is 0 Å². The summed E-state index contributed by atoms with van der Waals surface area (Å²) < 4.78 is 11.1. The summed E-state index contributed by atoms with van der Waals surface area (Å²) in [6, 6.07) is 5.57. The van der Waals surface area contributed by atoms with Crippen molar-refractivity contribution in [1.29, 1.82) is 0 Å². The monoisotopic (exact) mass is 274 g/mol. The molecule has 4 heteroatoms. The highest BCUT2D eigenvalue weighted by Gasteiger charge is 2.15. The van der Waals surface area contributed by atoms with Gasteiger partial charge in [-0.3, -0.25) is 0 Å². The van der Waals surface area contributed by atoms with E-state index >= 15 is 0 Å². The minimum absolute atomic E-state index is 0.420. The van der Waals surface area contributed by atoms with Crippen LogP contribution in [-0.4, -0.2) is 19.8 Å². The van der Waals surface area contributed by atoms with Crippen molar-refractivity contribution < 1.29 is 9.47 Å². The van der Waals surface area contributed by atoms with Gasteiger partial charge in [-0.05, 0) is 37.0 Å². The quantitative estimate of drug-likeness (QED) is 0.776. The van der Waals surface area contributed by atoms with E-state index < -0.39 is 0 Å². The predicted molar refractivity (Wildman–Crippen MR) is 70.0 cm³/mol. The Morgan fingerprint density at radius 1 is 1.29 bits per heavy atom. The lowest BCUT2D eigenvalue weighted by atomic mass is 10.0. The summed E-state index contributed by atoms with van der Waals surface area (Å²) in [6.07, 6.45) is 2.15. The fraction of sp³-hybridized carbons (Fsp3) is 0.538. The van der Waals surface area contributed by atoms with Gasteiger partial charge in [0.2, 0.25) is 0 Å². The van der Waals surface area contributed by atoms with Gasteiger partial charge < -0.3 is 9.47 Å². The third-order valence-electron chi connectivity index (χ3n) is 2.98. The molecule has 94 valence electrons. The maximum atomic E-state index is 5.91. The summed E-state index contributed by atoms with van der Waals surface area (Å²) in [5.74, 6) is 1.85. The van der Waals surface area contributed by atoms with E-state index in [-0.39, 0.29) is 0 Å². The maximum Gasteiger partial charge on any atom is 0.123 e. The Morgan fingerprint density at radius 3 is 2.76 bits per heavy atom. The van der Waals surface area contributed by atoms with Gasteiger partial charge in [-0.1, -0.05) is 11.6 Å². The van der Waals surface area contributed by atoms with Crippen LogP contribution in [0.4, 0.5) is 0 Å². The van der Waals surface area contributed by atoms with Gasteiger partial charge in [0.05, 0.1) is 12.5 Å². The van der Waals surface area contributed by atoms with Gasteiger partial charge in [0, 0.05) is 23.8 Å². The molecule has 0 spiro atoms. The molecule has 2 rings (SSSR count). The van der Waals surface area contributed by atoms with E-state index in [4.69, 9.17) is 32.7 Å². The zero-order valence-electron chi connectivity index (χ0n) is 9.62. The second kappa shape index (κ2) is 6.48. The first-order valence-corrected chi connectivity index (χ1v) is 6.76. The zero-order chi connectivity index (χ0) is 12.1. The highest BCUT2D eigenvalue weighted by Crippen LogP contribution is 2.26. The van der Waals surface area contributed by atoms with Crippen LogP contribution in [0.3, 0.4) is 0 Å². The molecule has 0 aromatic heterocycles. The minimum atomic E-state index is 0.420. The Balaban J connectivity index is 1.93. The fourth-order valence-corrected chi connectivity index (χ4v) is 2.32. The molecule has 1 heterocycles. The first kappa shape index (κ1) is 13.0. The van der Waals surface area contributed by atoms with Crippen molar-refractivity contribution in [3.05, 3.63) is 28.8 Å². The Morgan fingerprint density at radius 2 is 2.06 bits per heavy atom. The molecule has 0 N–H and O–H groups in total.